The molecule has 0 aromatic heterocycles. The molecule has 15 nitrogen and oxygen atoms in total. The van der Waals surface area contributed by atoms with E-state index in [1.54, 1.807) is 0 Å². The number of hydrogen-bond acceptors (Lipinski definition) is 9. The number of aliphatic carboxylic acids is 1. The van der Waals surface area contributed by atoms with Crippen molar-refractivity contribution in [3.05, 3.63) is 0 Å². The molecular weight excluding hydrogens is 518 g/mol. The predicted octanol–water partition coefficient (Wildman–Crippen LogP) is -2.95. The van der Waals surface area contributed by atoms with Crippen LogP contribution in [-0.2, 0) is 24.0 Å². The first-order valence-corrected chi connectivity index (χ1v) is 13.7. The number of unbranched alkanes of at least 4 members (excludes halogenated alkanes) is 1. The monoisotopic (exact) mass is 561 g/mol. The maximum Gasteiger partial charge on any atom is 0.326 e. The summed E-state index contributed by atoms with van der Waals surface area (Å²) in [7, 11) is 0. The number of aliphatic imine (C=N–C) groups is 1. The molecule has 38 heavy (non-hydrogen) atoms. The van der Waals surface area contributed by atoms with Crippen molar-refractivity contribution >= 4 is 47.3 Å². The maximum atomic E-state index is 13.2. The van der Waals surface area contributed by atoms with Crippen molar-refractivity contribution in [2.24, 2.45) is 33.7 Å². The van der Waals surface area contributed by atoms with Crippen molar-refractivity contribution in [1.29, 1.82) is 0 Å². The highest BCUT2D eigenvalue weighted by Crippen LogP contribution is 2.07. The Morgan fingerprint density at radius 2 is 1.39 bits per heavy atom. The van der Waals surface area contributed by atoms with E-state index in [-0.39, 0.29) is 38.2 Å². The highest BCUT2D eigenvalue weighted by molar-refractivity contribution is 7.98. The van der Waals surface area contributed by atoms with Crippen molar-refractivity contribution in [3.63, 3.8) is 0 Å². The summed E-state index contributed by atoms with van der Waals surface area (Å²) in [5.41, 5.74) is 27.2. The number of carboxylic acid groups (broad SMARTS) is 1. The summed E-state index contributed by atoms with van der Waals surface area (Å²) < 4.78 is 0. The number of nitrogens with two attached hydrogens (primary N) is 5. The normalized spacial score (nSPS) is 13.9. The summed E-state index contributed by atoms with van der Waals surface area (Å²) in [5, 5.41) is 17.0. The number of rotatable bonds is 21. The average Bonchev–Trinajstić information content (AvgIpc) is 2.85. The molecule has 0 aliphatic carbocycles. The number of hydrogen-bond donors (Lipinski definition) is 9. The second-order valence-corrected chi connectivity index (χ2v) is 9.63. The molecule has 4 amide bonds. The van der Waals surface area contributed by atoms with Gasteiger partial charge in [-0.25, -0.2) is 4.79 Å². The number of carbonyl (C=O) groups excluding carboxylic acids is 4. The van der Waals surface area contributed by atoms with Crippen LogP contribution in [0.5, 0.6) is 0 Å². The van der Waals surface area contributed by atoms with E-state index in [1.807, 2.05) is 6.26 Å². The molecule has 0 aromatic rings. The third-order valence-corrected chi connectivity index (χ3v) is 6.07. The molecule has 0 bridgehead atoms. The summed E-state index contributed by atoms with van der Waals surface area (Å²) in [6, 6.07) is -4.37. The van der Waals surface area contributed by atoms with E-state index in [4.69, 9.17) is 28.7 Å². The number of primary amides is 1. The standard InChI is InChI=1S/C22H43N9O6S/c1-38-12-9-15(20(35)31-16(21(36)37)7-8-17(25)32)30-19(34)14(6-4-11-28-22(26)27)29-18(33)13(24)5-2-3-10-23/h13-16H,2-12,23-24H2,1H3,(H2,25,32)(H,29,33)(H,30,34)(H,31,35)(H,36,37)(H4,26,27,28). The van der Waals surface area contributed by atoms with Gasteiger partial charge in [-0.3, -0.25) is 24.2 Å². The second kappa shape index (κ2) is 19.9. The molecule has 0 heterocycles. The topological polar surface area (TPSA) is 284 Å². The molecule has 0 fully saturated rings. The molecule has 218 valence electrons. The van der Waals surface area contributed by atoms with Gasteiger partial charge in [-0.1, -0.05) is 6.42 Å². The molecule has 0 aliphatic heterocycles. The van der Waals surface area contributed by atoms with Crippen LogP contribution >= 0.6 is 11.8 Å². The van der Waals surface area contributed by atoms with E-state index in [0.29, 0.717) is 38.0 Å². The van der Waals surface area contributed by atoms with Crippen LogP contribution in [0, 0.1) is 0 Å². The zero-order chi connectivity index (χ0) is 29.1. The summed E-state index contributed by atoms with van der Waals surface area (Å²) in [5.74, 6) is -3.62. The zero-order valence-corrected chi connectivity index (χ0v) is 22.6. The lowest BCUT2D eigenvalue weighted by molar-refractivity contribution is -0.142. The van der Waals surface area contributed by atoms with E-state index in [2.05, 4.69) is 20.9 Å². The molecule has 0 rings (SSSR count). The summed E-state index contributed by atoms with van der Waals surface area (Å²) >= 11 is 1.42. The van der Waals surface area contributed by atoms with Gasteiger partial charge in [0, 0.05) is 13.0 Å². The van der Waals surface area contributed by atoms with Gasteiger partial charge in [0.1, 0.15) is 18.1 Å². The van der Waals surface area contributed by atoms with Crippen LogP contribution in [0.4, 0.5) is 0 Å². The van der Waals surface area contributed by atoms with Crippen LogP contribution in [0.1, 0.15) is 51.4 Å². The average molecular weight is 562 g/mol. The van der Waals surface area contributed by atoms with Crippen LogP contribution in [0.3, 0.4) is 0 Å². The SMILES string of the molecule is CSCCC(NC(=O)C(CCCN=C(N)N)NC(=O)C(N)CCCCN)C(=O)NC(CCC(N)=O)C(=O)O. The quantitative estimate of drug-likeness (QED) is 0.0388. The largest absolute Gasteiger partial charge is 0.480 e. The molecule has 0 aliphatic rings. The third-order valence-electron chi connectivity index (χ3n) is 5.42. The van der Waals surface area contributed by atoms with Gasteiger partial charge in [-0.15, -0.1) is 0 Å². The Balaban J connectivity index is 5.54. The Morgan fingerprint density at radius 1 is 0.816 bits per heavy atom. The number of carbonyl (C=O) groups is 5. The van der Waals surface area contributed by atoms with Gasteiger partial charge in [0.25, 0.3) is 0 Å². The first-order chi connectivity index (χ1) is 17.9. The molecule has 4 unspecified atom stereocenters. The number of amides is 4. The molecule has 16 heteroatoms. The van der Waals surface area contributed by atoms with E-state index >= 15 is 0 Å². The Kier molecular flexibility index (Phi) is 18.3. The van der Waals surface area contributed by atoms with Gasteiger partial charge in [-0.2, -0.15) is 11.8 Å². The van der Waals surface area contributed by atoms with Crippen molar-refractivity contribution < 1.29 is 29.1 Å². The molecule has 0 aromatic carbocycles. The summed E-state index contributed by atoms with van der Waals surface area (Å²) in [4.78, 5) is 65.2. The lowest BCUT2D eigenvalue weighted by Crippen LogP contribution is -2.57. The van der Waals surface area contributed by atoms with Crippen molar-refractivity contribution in [2.45, 2.75) is 75.5 Å². The van der Waals surface area contributed by atoms with Crippen molar-refractivity contribution in [3.8, 4) is 0 Å². The van der Waals surface area contributed by atoms with E-state index in [0.717, 1.165) is 0 Å². The second-order valence-electron chi connectivity index (χ2n) is 8.65. The highest BCUT2D eigenvalue weighted by atomic mass is 32.2. The maximum absolute atomic E-state index is 13.2. The lowest BCUT2D eigenvalue weighted by atomic mass is 10.1. The minimum absolute atomic E-state index is 0.116. The molecule has 0 spiro atoms. The Morgan fingerprint density at radius 3 is 1.92 bits per heavy atom. The molecule has 14 N–H and O–H groups in total. The fraction of sp³-hybridized carbons (Fsp3) is 0.727. The minimum atomic E-state index is -1.37. The van der Waals surface area contributed by atoms with E-state index in [9.17, 15) is 29.1 Å². The van der Waals surface area contributed by atoms with Crippen molar-refractivity contribution in [1.82, 2.24) is 16.0 Å². The van der Waals surface area contributed by atoms with Crippen LogP contribution < -0.4 is 44.6 Å². The fourth-order valence-electron chi connectivity index (χ4n) is 3.28. The van der Waals surface area contributed by atoms with Crippen LogP contribution in [0.15, 0.2) is 4.99 Å². The molecule has 0 saturated heterocycles. The van der Waals surface area contributed by atoms with Gasteiger partial charge >= 0.3 is 5.97 Å². The number of guanidine groups is 1. The molecule has 0 saturated carbocycles. The third kappa shape index (κ3) is 15.9. The summed E-state index contributed by atoms with van der Waals surface area (Å²) in [6.45, 7) is 0.677. The number of carboxylic acids is 1. The van der Waals surface area contributed by atoms with Gasteiger partial charge < -0.3 is 49.7 Å². The van der Waals surface area contributed by atoms with Crippen molar-refractivity contribution in [2.75, 3.05) is 25.1 Å². The van der Waals surface area contributed by atoms with Gasteiger partial charge in [0.2, 0.25) is 23.6 Å². The van der Waals surface area contributed by atoms with Gasteiger partial charge in [0.05, 0.1) is 6.04 Å². The van der Waals surface area contributed by atoms with Gasteiger partial charge in [-0.05, 0) is 57.1 Å². The molecular formula is C22H43N9O6S. The molecule has 0 radical (unpaired) electrons. The smallest absolute Gasteiger partial charge is 0.326 e. The molecule has 4 atom stereocenters. The number of nitrogens with zero attached hydrogens (tertiary/aromatic N) is 1. The van der Waals surface area contributed by atoms with E-state index in [1.165, 1.54) is 11.8 Å². The number of thioether (sulfide) groups is 1. The fourth-order valence-corrected chi connectivity index (χ4v) is 3.76. The van der Waals surface area contributed by atoms with Crippen LogP contribution in [0.25, 0.3) is 0 Å². The zero-order valence-electron chi connectivity index (χ0n) is 21.8. The number of nitrogens with one attached hydrogen (secondary N) is 3. The van der Waals surface area contributed by atoms with E-state index < -0.39 is 53.8 Å². The van der Waals surface area contributed by atoms with Crippen LogP contribution in [-0.4, -0.2) is 89.9 Å². The first kappa shape index (κ1) is 34.9. The Bertz CT molecular complexity index is 810. The lowest BCUT2D eigenvalue weighted by Gasteiger charge is -2.25. The minimum Gasteiger partial charge on any atom is -0.480 e. The Hall–Kier alpha value is -3.11. The predicted molar refractivity (Wildman–Crippen MR) is 146 cm³/mol. The first-order valence-electron chi connectivity index (χ1n) is 12.3. The highest BCUT2D eigenvalue weighted by Gasteiger charge is 2.30. The van der Waals surface area contributed by atoms with Crippen LogP contribution in [0.2, 0.25) is 0 Å². The van der Waals surface area contributed by atoms with Gasteiger partial charge in [0.15, 0.2) is 5.96 Å². The Labute approximate surface area is 226 Å². The summed E-state index contributed by atoms with van der Waals surface area (Å²) in [6.07, 6.45) is 3.77.